The molecule has 0 spiro atoms. The molecular weight excluding hydrogens is 120 g/mol. The average molecular weight is 134 g/mol. The first-order valence-electron chi connectivity index (χ1n) is 3.13. The van der Waals surface area contributed by atoms with E-state index in [1.807, 2.05) is 6.92 Å². The standard InChI is InChI=1S/C6H14O3/c1-5(4-7)2-3-6(8)9/h5-9H,2-4H2,1H3. The molecule has 0 fully saturated rings. The van der Waals surface area contributed by atoms with Gasteiger partial charge in [-0.05, 0) is 18.8 Å². The highest BCUT2D eigenvalue weighted by molar-refractivity contribution is 4.50. The molecule has 0 rings (SSSR count). The van der Waals surface area contributed by atoms with Crippen molar-refractivity contribution in [3.63, 3.8) is 0 Å². The molecular formula is C6H14O3. The zero-order valence-corrected chi connectivity index (χ0v) is 5.62. The van der Waals surface area contributed by atoms with Crippen molar-refractivity contribution >= 4 is 0 Å². The van der Waals surface area contributed by atoms with Gasteiger partial charge in [0.1, 0.15) is 0 Å². The third-order valence-electron chi connectivity index (χ3n) is 1.23. The minimum absolute atomic E-state index is 0.118. The second-order valence-electron chi connectivity index (χ2n) is 2.35. The zero-order chi connectivity index (χ0) is 7.28. The predicted molar refractivity (Wildman–Crippen MR) is 33.7 cm³/mol. The summed E-state index contributed by atoms with van der Waals surface area (Å²) in [5, 5.41) is 25.2. The largest absolute Gasteiger partial charge is 0.396 e. The third kappa shape index (κ3) is 5.76. The van der Waals surface area contributed by atoms with Crippen LogP contribution in [0.5, 0.6) is 0 Å². The van der Waals surface area contributed by atoms with Gasteiger partial charge < -0.3 is 15.3 Å². The quantitative estimate of drug-likeness (QED) is 0.463. The minimum atomic E-state index is -1.22. The summed E-state index contributed by atoms with van der Waals surface area (Å²) in [6.07, 6.45) is -0.213. The Morgan fingerprint density at radius 1 is 1.22 bits per heavy atom. The molecule has 9 heavy (non-hydrogen) atoms. The Morgan fingerprint density at radius 3 is 2.11 bits per heavy atom. The van der Waals surface area contributed by atoms with Crippen molar-refractivity contribution in [2.45, 2.75) is 26.1 Å². The number of hydrogen-bond donors (Lipinski definition) is 3. The fourth-order valence-electron chi connectivity index (χ4n) is 0.525. The molecule has 1 atom stereocenters. The van der Waals surface area contributed by atoms with Crippen LogP contribution in [0.2, 0.25) is 0 Å². The van der Waals surface area contributed by atoms with E-state index in [1.54, 1.807) is 0 Å². The van der Waals surface area contributed by atoms with Crippen LogP contribution in [0.3, 0.4) is 0 Å². The Morgan fingerprint density at radius 2 is 1.78 bits per heavy atom. The number of aliphatic hydroxyl groups excluding tert-OH is 2. The van der Waals surface area contributed by atoms with Gasteiger partial charge in [-0.3, -0.25) is 0 Å². The summed E-state index contributed by atoms with van der Waals surface area (Å²) in [6, 6.07) is 0. The molecule has 0 bridgehead atoms. The Balaban J connectivity index is 3.06. The fourth-order valence-corrected chi connectivity index (χ4v) is 0.525. The van der Waals surface area contributed by atoms with Crippen LogP contribution in [0, 0.1) is 5.92 Å². The van der Waals surface area contributed by atoms with E-state index >= 15 is 0 Å². The fraction of sp³-hybridized carbons (Fsp3) is 1.00. The maximum Gasteiger partial charge on any atom is 0.151 e. The molecule has 0 saturated heterocycles. The molecule has 0 saturated carbocycles. The van der Waals surface area contributed by atoms with Gasteiger partial charge >= 0.3 is 0 Å². The summed E-state index contributed by atoms with van der Waals surface area (Å²) in [5.74, 6) is 0.173. The van der Waals surface area contributed by atoms with Crippen molar-refractivity contribution in [3.05, 3.63) is 0 Å². The maximum absolute atomic E-state index is 8.48. The Hall–Kier alpha value is -0.120. The Labute approximate surface area is 54.9 Å². The Bertz CT molecular complexity index is 63.3. The predicted octanol–water partition coefficient (Wildman–Crippen LogP) is -0.294. The highest BCUT2D eigenvalue weighted by Gasteiger charge is 2.02. The SMILES string of the molecule is CC(CO)CCC(O)O. The van der Waals surface area contributed by atoms with Crippen LogP contribution in [0.25, 0.3) is 0 Å². The van der Waals surface area contributed by atoms with E-state index in [4.69, 9.17) is 15.3 Å². The molecule has 3 nitrogen and oxygen atoms in total. The van der Waals surface area contributed by atoms with Gasteiger partial charge in [-0.25, -0.2) is 0 Å². The van der Waals surface area contributed by atoms with E-state index in [1.165, 1.54) is 0 Å². The van der Waals surface area contributed by atoms with Crippen LogP contribution in [0.15, 0.2) is 0 Å². The molecule has 0 aromatic heterocycles. The lowest BCUT2D eigenvalue weighted by atomic mass is 10.1. The van der Waals surface area contributed by atoms with Crippen molar-refractivity contribution in [2.24, 2.45) is 5.92 Å². The molecule has 0 radical (unpaired) electrons. The maximum atomic E-state index is 8.48. The molecule has 1 unspecified atom stereocenters. The van der Waals surface area contributed by atoms with E-state index in [0.29, 0.717) is 12.8 Å². The summed E-state index contributed by atoms with van der Waals surface area (Å²) >= 11 is 0. The Kier molecular flexibility index (Phi) is 4.67. The lowest BCUT2D eigenvalue weighted by molar-refractivity contribution is -0.0495. The van der Waals surface area contributed by atoms with Gasteiger partial charge in [0.05, 0.1) is 0 Å². The zero-order valence-electron chi connectivity index (χ0n) is 5.62. The van der Waals surface area contributed by atoms with Crippen molar-refractivity contribution in [3.8, 4) is 0 Å². The molecule has 3 heteroatoms. The number of rotatable bonds is 4. The molecule has 0 aliphatic rings. The molecule has 0 aromatic carbocycles. The lowest BCUT2D eigenvalue weighted by Crippen LogP contribution is -2.08. The summed E-state index contributed by atoms with van der Waals surface area (Å²) in [4.78, 5) is 0. The van der Waals surface area contributed by atoms with Crippen molar-refractivity contribution in [1.82, 2.24) is 0 Å². The summed E-state index contributed by atoms with van der Waals surface area (Å²) < 4.78 is 0. The summed E-state index contributed by atoms with van der Waals surface area (Å²) in [5.41, 5.74) is 0. The first-order valence-corrected chi connectivity index (χ1v) is 3.13. The molecule has 56 valence electrons. The van der Waals surface area contributed by atoms with Gasteiger partial charge in [-0.2, -0.15) is 0 Å². The lowest BCUT2D eigenvalue weighted by Gasteiger charge is -2.07. The van der Waals surface area contributed by atoms with Crippen LogP contribution < -0.4 is 0 Å². The van der Waals surface area contributed by atoms with E-state index in [9.17, 15) is 0 Å². The highest BCUT2D eigenvalue weighted by Crippen LogP contribution is 2.04. The second-order valence-corrected chi connectivity index (χ2v) is 2.35. The van der Waals surface area contributed by atoms with Crippen LogP contribution in [0.1, 0.15) is 19.8 Å². The first kappa shape index (κ1) is 8.88. The summed E-state index contributed by atoms with van der Waals surface area (Å²) in [7, 11) is 0. The third-order valence-corrected chi connectivity index (χ3v) is 1.23. The molecule has 0 heterocycles. The van der Waals surface area contributed by atoms with Gasteiger partial charge in [-0.1, -0.05) is 6.92 Å². The van der Waals surface area contributed by atoms with Crippen molar-refractivity contribution < 1.29 is 15.3 Å². The van der Waals surface area contributed by atoms with Crippen LogP contribution in [0.4, 0.5) is 0 Å². The second kappa shape index (κ2) is 4.73. The molecule has 0 amide bonds. The first-order chi connectivity index (χ1) is 4.16. The van der Waals surface area contributed by atoms with Gasteiger partial charge in [0.15, 0.2) is 6.29 Å². The highest BCUT2D eigenvalue weighted by atomic mass is 16.5. The molecule has 0 aromatic rings. The number of aliphatic hydroxyl groups is 3. The summed E-state index contributed by atoms with van der Waals surface area (Å²) in [6.45, 7) is 1.98. The van der Waals surface area contributed by atoms with Gasteiger partial charge in [0.25, 0.3) is 0 Å². The molecule has 0 aliphatic heterocycles. The molecule has 3 N–H and O–H groups in total. The van der Waals surface area contributed by atoms with Gasteiger partial charge in [0, 0.05) is 6.61 Å². The van der Waals surface area contributed by atoms with Crippen LogP contribution in [-0.2, 0) is 0 Å². The van der Waals surface area contributed by atoms with E-state index in [-0.39, 0.29) is 12.5 Å². The normalized spacial score (nSPS) is 14.3. The van der Waals surface area contributed by atoms with E-state index in [2.05, 4.69) is 0 Å². The monoisotopic (exact) mass is 134 g/mol. The van der Waals surface area contributed by atoms with E-state index in [0.717, 1.165) is 0 Å². The number of hydrogen-bond acceptors (Lipinski definition) is 3. The smallest absolute Gasteiger partial charge is 0.151 e. The van der Waals surface area contributed by atoms with Crippen molar-refractivity contribution in [1.29, 1.82) is 0 Å². The van der Waals surface area contributed by atoms with Crippen molar-refractivity contribution in [2.75, 3.05) is 6.61 Å². The minimum Gasteiger partial charge on any atom is -0.396 e. The molecule has 0 aliphatic carbocycles. The van der Waals surface area contributed by atoms with Gasteiger partial charge in [-0.15, -0.1) is 0 Å². The van der Waals surface area contributed by atoms with Crippen LogP contribution >= 0.6 is 0 Å². The van der Waals surface area contributed by atoms with Gasteiger partial charge in [0.2, 0.25) is 0 Å². The van der Waals surface area contributed by atoms with E-state index < -0.39 is 6.29 Å². The topological polar surface area (TPSA) is 60.7 Å². The van der Waals surface area contributed by atoms with Crippen LogP contribution in [-0.4, -0.2) is 28.2 Å². The average Bonchev–Trinajstić information content (AvgIpc) is 1.83.